The molecule has 1 fully saturated rings. The van der Waals surface area contributed by atoms with Crippen molar-refractivity contribution < 1.29 is 5.11 Å². The first-order valence-corrected chi connectivity index (χ1v) is 6.17. The average Bonchev–Trinajstić information content (AvgIpc) is 2.68. The van der Waals surface area contributed by atoms with Crippen molar-refractivity contribution >= 4 is 11.5 Å². The van der Waals surface area contributed by atoms with Crippen LogP contribution in [-0.2, 0) is 0 Å². The number of likely N-dealkylation sites (N-methyl/N-ethyl adjacent to an activating group) is 1. The molecule has 0 atom stereocenters. The molecule has 1 saturated carbocycles. The number of nitrogen functional groups attached to an aromatic ring is 1. The number of rotatable bonds is 3. The van der Waals surface area contributed by atoms with E-state index in [0.29, 0.717) is 12.2 Å². The van der Waals surface area contributed by atoms with Gasteiger partial charge in [-0.25, -0.2) is 4.98 Å². The second kappa shape index (κ2) is 4.53. The van der Waals surface area contributed by atoms with Crippen LogP contribution in [0.2, 0.25) is 0 Å². The number of hydrogen-bond donors (Lipinski definition) is 2. The summed E-state index contributed by atoms with van der Waals surface area (Å²) in [6.07, 6.45) is 3.98. The summed E-state index contributed by atoms with van der Waals surface area (Å²) in [4.78, 5) is 6.40. The first-order chi connectivity index (χ1) is 8.00. The van der Waals surface area contributed by atoms with Crippen LogP contribution < -0.4 is 10.6 Å². The molecule has 0 aliphatic heterocycles. The zero-order chi connectivity index (χ0) is 12.5. The lowest BCUT2D eigenvalue weighted by molar-refractivity contribution is 0.0558. The van der Waals surface area contributed by atoms with Gasteiger partial charge in [0.05, 0.1) is 11.3 Å². The van der Waals surface area contributed by atoms with Crippen LogP contribution in [0.25, 0.3) is 0 Å². The van der Waals surface area contributed by atoms with Gasteiger partial charge in [0, 0.05) is 19.3 Å². The third-order valence-corrected chi connectivity index (χ3v) is 3.47. The number of aromatic nitrogens is 1. The van der Waals surface area contributed by atoms with Gasteiger partial charge < -0.3 is 15.7 Å². The molecule has 2 rings (SSSR count). The van der Waals surface area contributed by atoms with Crippen LogP contribution in [0.3, 0.4) is 0 Å². The molecule has 1 aliphatic carbocycles. The van der Waals surface area contributed by atoms with Gasteiger partial charge in [0.15, 0.2) is 5.82 Å². The van der Waals surface area contributed by atoms with Gasteiger partial charge >= 0.3 is 0 Å². The van der Waals surface area contributed by atoms with Crippen molar-refractivity contribution in [1.29, 1.82) is 0 Å². The molecule has 1 heterocycles. The highest BCUT2D eigenvalue weighted by molar-refractivity contribution is 5.62. The molecule has 1 aromatic heterocycles. The summed E-state index contributed by atoms with van der Waals surface area (Å²) in [5, 5.41) is 10.4. The van der Waals surface area contributed by atoms with Crippen LogP contribution in [0.5, 0.6) is 0 Å². The molecule has 1 aliphatic rings. The van der Waals surface area contributed by atoms with Crippen molar-refractivity contribution in [3.05, 3.63) is 17.8 Å². The Balaban J connectivity index is 2.13. The first kappa shape index (κ1) is 12.2. The van der Waals surface area contributed by atoms with Crippen LogP contribution in [0.4, 0.5) is 11.5 Å². The molecule has 1 aromatic rings. The number of hydrogen-bond acceptors (Lipinski definition) is 4. The Hall–Kier alpha value is -1.29. The standard InChI is InChI=1S/C13H21N3O/c1-10-5-6-11(14)12(15-10)16(2)9-13(17)7-3-4-8-13/h5-6,17H,3-4,7-9,14H2,1-2H3. The molecule has 4 heteroatoms. The molecule has 4 nitrogen and oxygen atoms in total. The molecule has 0 saturated heterocycles. The summed E-state index contributed by atoms with van der Waals surface area (Å²) >= 11 is 0. The molecular formula is C13H21N3O. The predicted molar refractivity (Wildman–Crippen MR) is 70.1 cm³/mol. The van der Waals surface area contributed by atoms with E-state index in [1.165, 1.54) is 0 Å². The minimum Gasteiger partial charge on any atom is -0.396 e. The van der Waals surface area contributed by atoms with Crippen LogP contribution in [0.1, 0.15) is 31.4 Å². The smallest absolute Gasteiger partial charge is 0.151 e. The topological polar surface area (TPSA) is 62.4 Å². The minimum absolute atomic E-state index is 0.563. The van der Waals surface area contributed by atoms with Crippen molar-refractivity contribution in [2.75, 3.05) is 24.2 Å². The minimum atomic E-state index is -0.563. The van der Waals surface area contributed by atoms with E-state index in [2.05, 4.69) is 4.98 Å². The maximum absolute atomic E-state index is 10.4. The van der Waals surface area contributed by atoms with Gasteiger partial charge in [-0.15, -0.1) is 0 Å². The van der Waals surface area contributed by atoms with Crippen LogP contribution in [-0.4, -0.2) is 29.3 Å². The summed E-state index contributed by atoms with van der Waals surface area (Å²) in [6, 6.07) is 3.77. The summed E-state index contributed by atoms with van der Waals surface area (Å²) in [5.74, 6) is 0.769. The number of anilines is 2. The SMILES string of the molecule is Cc1ccc(N)c(N(C)CC2(O)CCCC2)n1. The van der Waals surface area contributed by atoms with E-state index < -0.39 is 5.60 Å². The van der Waals surface area contributed by atoms with Crippen LogP contribution >= 0.6 is 0 Å². The highest BCUT2D eigenvalue weighted by Gasteiger charge is 2.32. The van der Waals surface area contributed by atoms with Crippen molar-refractivity contribution in [3.63, 3.8) is 0 Å². The zero-order valence-corrected chi connectivity index (χ0v) is 10.6. The van der Waals surface area contributed by atoms with Gasteiger partial charge in [-0.2, -0.15) is 0 Å². The van der Waals surface area contributed by atoms with E-state index in [0.717, 1.165) is 37.2 Å². The number of aliphatic hydroxyl groups is 1. The fourth-order valence-corrected chi connectivity index (χ4v) is 2.57. The summed E-state index contributed by atoms with van der Waals surface area (Å²) < 4.78 is 0. The lowest BCUT2D eigenvalue weighted by Gasteiger charge is -2.30. The number of aryl methyl sites for hydroxylation is 1. The Kier molecular flexibility index (Phi) is 3.24. The van der Waals surface area contributed by atoms with Gasteiger partial charge in [0.25, 0.3) is 0 Å². The van der Waals surface area contributed by atoms with E-state index in [4.69, 9.17) is 5.73 Å². The Morgan fingerprint density at radius 3 is 2.71 bits per heavy atom. The largest absolute Gasteiger partial charge is 0.396 e. The molecule has 0 spiro atoms. The molecule has 0 amide bonds. The van der Waals surface area contributed by atoms with E-state index in [-0.39, 0.29) is 0 Å². The zero-order valence-electron chi connectivity index (χ0n) is 10.6. The Bertz CT molecular complexity index is 400. The Morgan fingerprint density at radius 1 is 1.41 bits per heavy atom. The molecule has 0 aromatic carbocycles. The van der Waals surface area contributed by atoms with Gasteiger partial charge in [-0.05, 0) is 31.9 Å². The Morgan fingerprint density at radius 2 is 2.06 bits per heavy atom. The first-order valence-electron chi connectivity index (χ1n) is 6.17. The van der Waals surface area contributed by atoms with Gasteiger partial charge in [-0.1, -0.05) is 12.8 Å². The maximum atomic E-state index is 10.4. The monoisotopic (exact) mass is 235 g/mol. The third kappa shape index (κ3) is 2.69. The lowest BCUT2D eigenvalue weighted by Crippen LogP contribution is -2.39. The normalized spacial score (nSPS) is 18.3. The van der Waals surface area contributed by atoms with Gasteiger partial charge in [-0.3, -0.25) is 0 Å². The van der Waals surface area contributed by atoms with Gasteiger partial charge in [0.2, 0.25) is 0 Å². The molecule has 0 unspecified atom stereocenters. The van der Waals surface area contributed by atoms with E-state index in [1.54, 1.807) is 0 Å². The van der Waals surface area contributed by atoms with E-state index in [1.807, 2.05) is 31.0 Å². The quantitative estimate of drug-likeness (QED) is 0.837. The highest BCUT2D eigenvalue weighted by Crippen LogP contribution is 2.31. The summed E-state index contributed by atoms with van der Waals surface area (Å²) in [7, 11) is 1.94. The number of nitrogens with zero attached hydrogens (tertiary/aromatic N) is 2. The number of pyridine rings is 1. The molecule has 94 valence electrons. The van der Waals surface area contributed by atoms with Crippen molar-refractivity contribution in [1.82, 2.24) is 4.98 Å². The van der Waals surface area contributed by atoms with Gasteiger partial charge in [0.1, 0.15) is 0 Å². The Labute approximate surface area is 102 Å². The average molecular weight is 235 g/mol. The fraction of sp³-hybridized carbons (Fsp3) is 0.615. The third-order valence-electron chi connectivity index (χ3n) is 3.47. The summed E-state index contributed by atoms with van der Waals surface area (Å²) in [6.45, 7) is 2.55. The van der Waals surface area contributed by atoms with E-state index >= 15 is 0 Å². The predicted octanol–water partition coefficient (Wildman–Crippen LogP) is 1.71. The highest BCUT2D eigenvalue weighted by atomic mass is 16.3. The molecular weight excluding hydrogens is 214 g/mol. The second-order valence-electron chi connectivity index (χ2n) is 5.15. The second-order valence-corrected chi connectivity index (χ2v) is 5.15. The van der Waals surface area contributed by atoms with Crippen LogP contribution in [0.15, 0.2) is 12.1 Å². The molecule has 3 N–H and O–H groups in total. The van der Waals surface area contributed by atoms with Crippen molar-refractivity contribution in [2.45, 2.75) is 38.2 Å². The molecule has 17 heavy (non-hydrogen) atoms. The number of nitrogens with two attached hydrogens (primary N) is 1. The molecule has 0 radical (unpaired) electrons. The fourth-order valence-electron chi connectivity index (χ4n) is 2.57. The van der Waals surface area contributed by atoms with Crippen molar-refractivity contribution in [2.24, 2.45) is 0 Å². The lowest BCUT2D eigenvalue weighted by atomic mass is 10.0. The van der Waals surface area contributed by atoms with Crippen LogP contribution in [0, 0.1) is 6.92 Å². The summed E-state index contributed by atoms with van der Waals surface area (Å²) in [5.41, 5.74) is 6.97. The molecule has 0 bridgehead atoms. The van der Waals surface area contributed by atoms with Crippen molar-refractivity contribution in [3.8, 4) is 0 Å². The maximum Gasteiger partial charge on any atom is 0.151 e. The van der Waals surface area contributed by atoms with E-state index in [9.17, 15) is 5.11 Å².